The summed E-state index contributed by atoms with van der Waals surface area (Å²) in [6, 6.07) is 3.06. The molecule has 3 nitrogen and oxygen atoms in total. The molecule has 0 saturated carbocycles. The van der Waals surface area contributed by atoms with Crippen LogP contribution in [-0.2, 0) is 0 Å². The molecule has 0 spiro atoms. The Balaban J connectivity index is 2.53. The van der Waals surface area contributed by atoms with Gasteiger partial charge in [-0.15, -0.1) is 0 Å². The first kappa shape index (κ1) is 8.37. The second-order valence-corrected chi connectivity index (χ2v) is 3.33. The van der Waals surface area contributed by atoms with E-state index < -0.39 is 5.82 Å². The average molecular weight is 242 g/mol. The second kappa shape index (κ2) is 3.26. The van der Waals surface area contributed by atoms with Crippen LogP contribution in [0.4, 0.5) is 4.39 Å². The van der Waals surface area contributed by atoms with Gasteiger partial charge in [0.15, 0.2) is 11.6 Å². The summed E-state index contributed by atoms with van der Waals surface area (Å²) in [4.78, 5) is 3.90. The zero-order chi connectivity index (χ0) is 9.26. The van der Waals surface area contributed by atoms with Crippen LogP contribution in [0.3, 0.4) is 0 Å². The van der Waals surface area contributed by atoms with E-state index in [1.165, 1.54) is 16.9 Å². The minimum Gasteiger partial charge on any atom is -0.233 e. The van der Waals surface area contributed by atoms with E-state index in [0.717, 1.165) is 0 Å². The third-order valence-electron chi connectivity index (χ3n) is 1.51. The Hall–Kier alpha value is -1.23. The van der Waals surface area contributed by atoms with E-state index in [-0.39, 0.29) is 5.82 Å². The molecule has 0 fully saturated rings. The monoisotopic (exact) mass is 241 g/mol. The Morgan fingerprint density at radius 1 is 1.46 bits per heavy atom. The van der Waals surface area contributed by atoms with Gasteiger partial charge in [-0.05, 0) is 28.1 Å². The van der Waals surface area contributed by atoms with E-state index in [4.69, 9.17) is 0 Å². The molecule has 0 aromatic carbocycles. The van der Waals surface area contributed by atoms with Gasteiger partial charge in [-0.3, -0.25) is 0 Å². The van der Waals surface area contributed by atoms with Crippen LogP contribution in [0, 0.1) is 5.82 Å². The number of hydrogen-bond acceptors (Lipinski definition) is 2. The third-order valence-corrected chi connectivity index (χ3v) is 1.94. The molecule has 0 aliphatic heterocycles. The topological polar surface area (TPSA) is 30.7 Å². The minimum atomic E-state index is -0.405. The van der Waals surface area contributed by atoms with E-state index in [1.807, 2.05) is 0 Å². The molecule has 0 N–H and O–H groups in total. The van der Waals surface area contributed by atoms with Crippen molar-refractivity contribution in [3.05, 3.63) is 41.0 Å². The molecule has 66 valence electrons. The second-order valence-electron chi connectivity index (χ2n) is 2.41. The lowest BCUT2D eigenvalue weighted by molar-refractivity contribution is 0.599. The molecular weight excluding hydrogens is 237 g/mol. The molecule has 0 amide bonds. The standard InChI is InChI=1S/C8H5BrFN3/c9-6-4-7(10)8(11-5-6)13-3-1-2-12-13/h1-5H. The first-order chi connectivity index (χ1) is 6.27. The van der Waals surface area contributed by atoms with Crippen molar-refractivity contribution in [1.29, 1.82) is 0 Å². The lowest BCUT2D eigenvalue weighted by Gasteiger charge is -2.01. The maximum Gasteiger partial charge on any atom is 0.189 e. The lowest BCUT2D eigenvalue weighted by atomic mass is 10.4. The summed E-state index contributed by atoms with van der Waals surface area (Å²) < 4.78 is 15.2. The highest BCUT2D eigenvalue weighted by Gasteiger charge is 2.05. The zero-order valence-electron chi connectivity index (χ0n) is 6.48. The van der Waals surface area contributed by atoms with Gasteiger partial charge in [-0.1, -0.05) is 0 Å². The lowest BCUT2D eigenvalue weighted by Crippen LogP contribution is -2.00. The summed E-state index contributed by atoms with van der Waals surface area (Å²) in [7, 11) is 0. The van der Waals surface area contributed by atoms with Gasteiger partial charge in [0.05, 0.1) is 0 Å². The summed E-state index contributed by atoms with van der Waals surface area (Å²) in [5.74, 6) is -0.203. The molecule has 0 unspecified atom stereocenters. The van der Waals surface area contributed by atoms with Crippen LogP contribution < -0.4 is 0 Å². The molecule has 0 atom stereocenters. The smallest absolute Gasteiger partial charge is 0.189 e. The van der Waals surface area contributed by atoms with Crippen molar-refractivity contribution in [3.63, 3.8) is 0 Å². The van der Waals surface area contributed by atoms with Crippen LogP contribution in [-0.4, -0.2) is 14.8 Å². The molecule has 0 aliphatic rings. The molecule has 5 heteroatoms. The van der Waals surface area contributed by atoms with Gasteiger partial charge >= 0.3 is 0 Å². The van der Waals surface area contributed by atoms with E-state index >= 15 is 0 Å². The summed E-state index contributed by atoms with van der Waals surface area (Å²) in [6.07, 6.45) is 4.74. The molecule has 2 aromatic heterocycles. The van der Waals surface area contributed by atoms with Gasteiger partial charge in [-0.2, -0.15) is 5.10 Å². The van der Waals surface area contributed by atoms with Gasteiger partial charge in [0.25, 0.3) is 0 Å². The maximum absolute atomic E-state index is 13.3. The summed E-state index contributed by atoms with van der Waals surface area (Å²) in [5, 5.41) is 3.88. The largest absolute Gasteiger partial charge is 0.233 e. The normalized spacial score (nSPS) is 10.3. The predicted molar refractivity (Wildman–Crippen MR) is 49.0 cm³/mol. The molecule has 0 bridgehead atoms. The van der Waals surface area contributed by atoms with Crippen LogP contribution in [0.25, 0.3) is 5.82 Å². The number of pyridine rings is 1. The molecule has 0 aliphatic carbocycles. The van der Waals surface area contributed by atoms with Crippen molar-refractivity contribution in [1.82, 2.24) is 14.8 Å². The molecule has 13 heavy (non-hydrogen) atoms. The van der Waals surface area contributed by atoms with Crippen LogP contribution in [0.2, 0.25) is 0 Å². The first-order valence-electron chi connectivity index (χ1n) is 3.58. The Kier molecular flexibility index (Phi) is 2.10. The Morgan fingerprint density at radius 2 is 2.31 bits per heavy atom. The predicted octanol–water partition coefficient (Wildman–Crippen LogP) is 2.17. The quantitative estimate of drug-likeness (QED) is 0.767. The van der Waals surface area contributed by atoms with Crippen molar-refractivity contribution in [2.45, 2.75) is 0 Å². The number of rotatable bonds is 1. The van der Waals surface area contributed by atoms with Crippen molar-refractivity contribution in [3.8, 4) is 5.82 Å². The number of aromatic nitrogens is 3. The molecular formula is C8H5BrFN3. The summed E-state index contributed by atoms with van der Waals surface area (Å²) in [6.45, 7) is 0. The van der Waals surface area contributed by atoms with Gasteiger partial charge in [0.1, 0.15) is 0 Å². The molecule has 0 radical (unpaired) electrons. The van der Waals surface area contributed by atoms with E-state index in [9.17, 15) is 4.39 Å². The molecule has 0 saturated heterocycles. The Bertz CT molecular complexity index is 413. The van der Waals surface area contributed by atoms with E-state index in [2.05, 4.69) is 26.0 Å². The SMILES string of the molecule is Fc1cc(Br)cnc1-n1cccn1. The maximum atomic E-state index is 13.3. The summed E-state index contributed by atoms with van der Waals surface area (Å²) in [5.41, 5.74) is 0. The fraction of sp³-hybridized carbons (Fsp3) is 0. The van der Waals surface area contributed by atoms with Crippen LogP contribution in [0.5, 0.6) is 0 Å². The molecule has 2 rings (SSSR count). The number of halogens is 2. The Labute approximate surface area is 82.3 Å². The van der Waals surface area contributed by atoms with E-state index in [1.54, 1.807) is 18.5 Å². The highest BCUT2D eigenvalue weighted by molar-refractivity contribution is 9.10. The van der Waals surface area contributed by atoms with Crippen molar-refractivity contribution < 1.29 is 4.39 Å². The Morgan fingerprint density at radius 3 is 2.92 bits per heavy atom. The van der Waals surface area contributed by atoms with Crippen LogP contribution in [0.15, 0.2) is 35.2 Å². The highest BCUT2D eigenvalue weighted by atomic mass is 79.9. The zero-order valence-corrected chi connectivity index (χ0v) is 8.07. The molecule has 2 aromatic rings. The number of hydrogen-bond donors (Lipinski definition) is 0. The third kappa shape index (κ3) is 1.60. The van der Waals surface area contributed by atoms with E-state index in [0.29, 0.717) is 4.47 Å². The summed E-state index contributed by atoms with van der Waals surface area (Å²) >= 11 is 3.13. The van der Waals surface area contributed by atoms with Gasteiger partial charge < -0.3 is 0 Å². The molecule has 2 heterocycles. The van der Waals surface area contributed by atoms with Crippen molar-refractivity contribution >= 4 is 15.9 Å². The number of nitrogens with zero attached hydrogens (tertiary/aromatic N) is 3. The highest BCUT2D eigenvalue weighted by Crippen LogP contribution is 2.14. The fourth-order valence-corrected chi connectivity index (χ4v) is 1.27. The van der Waals surface area contributed by atoms with Crippen LogP contribution >= 0.6 is 15.9 Å². The van der Waals surface area contributed by atoms with Crippen LogP contribution in [0.1, 0.15) is 0 Å². The van der Waals surface area contributed by atoms with Gasteiger partial charge in [-0.25, -0.2) is 14.1 Å². The first-order valence-corrected chi connectivity index (χ1v) is 4.38. The van der Waals surface area contributed by atoms with Gasteiger partial charge in [0.2, 0.25) is 0 Å². The fourth-order valence-electron chi connectivity index (χ4n) is 0.970. The van der Waals surface area contributed by atoms with Crippen molar-refractivity contribution in [2.24, 2.45) is 0 Å². The average Bonchev–Trinajstić information content (AvgIpc) is 2.56. The van der Waals surface area contributed by atoms with Gasteiger partial charge in [0, 0.05) is 23.1 Å². The minimum absolute atomic E-state index is 0.202. The van der Waals surface area contributed by atoms with Crippen molar-refractivity contribution in [2.75, 3.05) is 0 Å².